The van der Waals surface area contributed by atoms with Gasteiger partial charge in [0, 0.05) is 11.8 Å². The van der Waals surface area contributed by atoms with Gasteiger partial charge in [0.05, 0.1) is 19.3 Å². The Kier molecular flexibility index (Phi) is 4.07. The number of rotatable bonds is 5. The lowest BCUT2D eigenvalue weighted by molar-refractivity contribution is 0.0465. The number of hydrogen-bond donors (Lipinski definition) is 1. The van der Waals surface area contributed by atoms with Crippen LogP contribution in [0.2, 0.25) is 0 Å². The lowest BCUT2D eigenvalue weighted by Crippen LogP contribution is -2.16. The highest BCUT2D eigenvalue weighted by Gasteiger charge is 2.18. The molecule has 0 radical (unpaired) electrons. The molecular formula is C14H19NO3. The Hall–Kier alpha value is -1.71. The van der Waals surface area contributed by atoms with Gasteiger partial charge >= 0.3 is 5.97 Å². The molecule has 1 saturated carbocycles. The molecule has 1 aliphatic rings. The molecular weight excluding hydrogens is 230 g/mol. The SMILES string of the molecule is COc1ccc(C(=O)OCCC2CCC2)c(N)c1. The van der Waals surface area contributed by atoms with Crippen LogP contribution in [0.1, 0.15) is 36.0 Å². The number of methoxy groups -OCH3 is 1. The van der Waals surface area contributed by atoms with Crippen molar-refractivity contribution in [2.45, 2.75) is 25.7 Å². The normalized spacial score (nSPS) is 14.9. The topological polar surface area (TPSA) is 61.5 Å². The third kappa shape index (κ3) is 2.94. The van der Waals surface area contributed by atoms with E-state index in [1.807, 2.05) is 0 Å². The highest BCUT2D eigenvalue weighted by Crippen LogP contribution is 2.29. The molecule has 0 atom stereocenters. The minimum atomic E-state index is -0.352. The van der Waals surface area contributed by atoms with E-state index in [1.165, 1.54) is 19.3 Å². The smallest absolute Gasteiger partial charge is 0.340 e. The van der Waals surface area contributed by atoms with Gasteiger partial charge < -0.3 is 15.2 Å². The van der Waals surface area contributed by atoms with E-state index < -0.39 is 0 Å². The van der Waals surface area contributed by atoms with E-state index in [-0.39, 0.29) is 5.97 Å². The Morgan fingerprint density at radius 2 is 2.22 bits per heavy atom. The minimum Gasteiger partial charge on any atom is -0.497 e. The number of anilines is 1. The van der Waals surface area contributed by atoms with Crippen LogP contribution < -0.4 is 10.5 Å². The van der Waals surface area contributed by atoms with Crippen molar-refractivity contribution in [1.29, 1.82) is 0 Å². The van der Waals surface area contributed by atoms with Crippen LogP contribution in [0, 0.1) is 5.92 Å². The second-order valence-corrected chi connectivity index (χ2v) is 4.67. The number of esters is 1. The lowest BCUT2D eigenvalue weighted by Gasteiger charge is -2.24. The molecule has 0 saturated heterocycles. The fourth-order valence-electron chi connectivity index (χ4n) is 2.03. The summed E-state index contributed by atoms with van der Waals surface area (Å²) in [5, 5.41) is 0. The van der Waals surface area contributed by atoms with E-state index in [0.29, 0.717) is 23.6 Å². The summed E-state index contributed by atoms with van der Waals surface area (Å²) >= 11 is 0. The lowest BCUT2D eigenvalue weighted by atomic mass is 9.83. The van der Waals surface area contributed by atoms with Crippen molar-refractivity contribution < 1.29 is 14.3 Å². The van der Waals surface area contributed by atoms with Gasteiger partial charge in [-0.25, -0.2) is 4.79 Å². The Balaban J connectivity index is 1.87. The molecule has 2 rings (SSSR count). The first-order valence-electron chi connectivity index (χ1n) is 6.31. The van der Waals surface area contributed by atoms with Crippen LogP contribution in [-0.2, 0) is 4.74 Å². The highest BCUT2D eigenvalue weighted by atomic mass is 16.5. The maximum absolute atomic E-state index is 11.8. The van der Waals surface area contributed by atoms with Crippen molar-refractivity contribution in [2.75, 3.05) is 19.5 Å². The van der Waals surface area contributed by atoms with Crippen LogP contribution in [0.15, 0.2) is 18.2 Å². The summed E-state index contributed by atoms with van der Waals surface area (Å²) in [4.78, 5) is 11.8. The summed E-state index contributed by atoms with van der Waals surface area (Å²) in [6, 6.07) is 4.97. The number of hydrogen-bond acceptors (Lipinski definition) is 4. The van der Waals surface area contributed by atoms with Crippen molar-refractivity contribution in [2.24, 2.45) is 5.92 Å². The van der Waals surface area contributed by atoms with Gasteiger partial charge in [-0.3, -0.25) is 0 Å². The number of ether oxygens (including phenoxy) is 2. The van der Waals surface area contributed by atoms with Crippen molar-refractivity contribution >= 4 is 11.7 Å². The van der Waals surface area contributed by atoms with Gasteiger partial charge in [0.25, 0.3) is 0 Å². The molecule has 4 nitrogen and oxygen atoms in total. The maximum atomic E-state index is 11.8. The van der Waals surface area contributed by atoms with E-state index in [0.717, 1.165) is 12.3 Å². The molecule has 1 aromatic carbocycles. The Morgan fingerprint density at radius 1 is 1.44 bits per heavy atom. The molecule has 4 heteroatoms. The van der Waals surface area contributed by atoms with Crippen LogP contribution in [0.4, 0.5) is 5.69 Å². The fraction of sp³-hybridized carbons (Fsp3) is 0.500. The molecule has 2 N–H and O–H groups in total. The predicted octanol–water partition coefficient (Wildman–Crippen LogP) is 2.62. The molecule has 0 aliphatic heterocycles. The van der Waals surface area contributed by atoms with Gasteiger partial charge in [0.2, 0.25) is 0 Å². The van der Waals surface area contributed by atoms with Crippen molar-refractivity contribution in [3.05, 3.63) is 23.8 Å². The number of benzene rings is 1. The molecule has 0 heterocycles. The maximum Gasteiger partial charge on any atom is 0.340 e. The summed E-state index contributed by atoms with van der Waals surface area (Å²) in [6.07, 6.45) is 4.80. The van der Waals surface area contributed by atoms with Gasteiger partial charge in [0.1, 0.15) is 5.75 Å². The Bertz CT molecular complexity index is 427. The number of carbonyl (C=O) groups excluding carboxylic acids is 1. The average molecular weight is 249 g/mol. The molecule has 0 aromatic heterocycles. The first kappa shape index (κ1) is 12.7. The third-order valence-electron chi connectivity index (χ3n) is 3.46. The van der Waals surface area contributed by atoms with E-state index in [1.54, 1.807) is 25.3 Å². The molecule has 0 bridgehead atoms. The minimum absolute atomic E-state index is 0.352. The van der Waals surface area contributed by atoms with Crippen LogP contribution in [-0.4, -0.2) is 19.7 Å². The predicted molar refractivity (Wildman–Crippen MR) is 69.6 cm³/mol. The van der Waals surface area contributed by atoms with Crippen molar-refractivity contribution in [3.63, 3.8) is 0 Å². The van der Waals surface area contributed by atoms with Crippen molar-refractivity contribution in [1.82, 2.24) is 0 Å². The standard InChI is InChI=1S/C14H19NO3/c1-17-11-5-6-12(13(15)9-11)14(16)18-8-7-10-3-2-4-10/h5-6,9-10H,2-4,7-8,15H2,1H3. The molecule has 0 spiro atoms. The molecule has 98 valence electrons. The van der Waals surface area contributed by atoms with Gasteiger partial charge in [-0.2, -0.15) is 0 Å². The van der Waals surface area contributed by atoms with Gasteiger partial charge in [0.15, 0.2) is 0 Å². The zero-order chi connectivity index (χ0) is 13.0. The number of nitrogens with two attached hydrogens (primary N) is 1. The fourth-order valence-corrected chi connectivity index (χ4v) is 2.03. The summed E-state index contributed by atoms with van der Waals surface area (Å²) in [5.74, 6) is 1.03. The largest absolute Gasteiger partial charge is 0.497 e. The zero-order valence-corrected chi connectivity index (χ0v) is 10.6. The van der Waals surface area contributed by atoms with E-state index in [9.17, 15) is 4.79 Å². The quantitative estimate of drug-likeness (QED) is 0.643. The summed E-state index contributed by atoms with van der Waals surface area (Å²) in [6.45, 7) is 0.481. The van der Waals surface area contributed by atoms with Crippen LogP contribution in [0.3, 0.4) is 0 Å². The molecule has 1 fully saturated rings. The first-order chi connectivity index (χ1) is 8.70. The molecule has 0 unspecified atom stereocenters. The van der Waals surface area contributed by atoms with Crippen molar-refractivity contribution in [3.8, 4) is 5.75 Å². The Labute approximate surface area is 107 Å². The summed E-state index contributed by atoms with van der Waals surface area (Å²) in [5.41, 5.74) is 6.58. The summed E-state index contributed by atoms with van der Waals surface area (Å²) < 4.78 is 10.3. The highest BCUT2D eigenvalue weighted by molar-refractivity contribution is 5.95. The van der Waals surface area contributed by atoms with Gasteiger partial charge in [-0.15, -0.1) is 0 Å². The van der Waals surface area contributed by atoms with Crippen LogP contribution >= 0.6 is 0 Å². The monoisotopic (exact) mass is 249 g/mol. The van der Waals surface area contributed by atoms with Gasteiger partial charge in [-0.1, -0.05) is 19.3 Å². The molecule has 18 heavy (non-hydrogen) atoms. The van der Waals surface area contributed by atoms with E-state index >= 15 is 0 Å². The average Bonchev–Trinajstić information content (AvgIpc) is 2.31. The summed E-state index contributed by atoms with van der Waals surface area (Å²) in [7, 11) is 1.56. The second-order valence-electron chi connectivity index (χ2n) is 4.67. The van der Waals surface area contributed by atoms with Crippen LogP contribution in [0.25, 0.3) is 0 Å². The third-order valence-corrected chi connectivity index (χ3v) is 3.46. The number of carbonyl (C=O) groups is 1. The Morgan fingerprint density at radius 3 is 2.78 bits per heavy atom. The van der Waals surface area contributed by atoms with E-state index in [2.05, 4.69) is 0 Å². The molecule has 1 aromatic rings. The van der Waals surface area contributed by atoms with E-state index in [4.69, 9.17) is 15.2 Å². The second kappa shape index (κ2) is 5.76. The molecule has 1 aliphatic carbocycles. The van der Waals surface area contributed by atoms with Crippen LogP contribution in [0.5, 0.6) is 5.75 Å². The zero-order valence-electron chi connectivity index (χ0n) is 10.6. The molecule has 0 amide bonds. The van der Waals surface area contributed by atoms with Gasteiger partial charge in [-0.05, 0) is 24.5 Å². The first-order valence-corrected chi connectivity index (χ1v) is 6.31. The number of nitrogen functional groups attached to an aromatic ring is 1.